The summed E-state index contributed by atoms with van der Waals surface area (Å²) in [5, 5.41) is 13.0. The molecule has 2 rings (SSSR count). The second kappa shape index (κ2) is 6.18. The van der Waals surface area contributed by atoms with E-state index in [1.54, 1.807) is 0 Å². The minimum Gasteiger partial charge on any atom is -0.395 e. The topological polar surface area (TPSA) is 32.3 Å². The number of hydrogen-bond donors (Lipinski definition) is 2. The molecule has 1 aliphatic rings. The molecule has 3 heteroatoms. The van der Waals surface area contributed by atoms with Crippen molar-refractivity contribution in [3.8, 4) is 0 Å². The molecule has 0 saturated carbocycles. The predicted octanol–water partition coefficient (Wildman–Crippen LogP) is 2.91. The van der Waals surface area contributed by atoms with Crippen molar-refractivity contribution >= 4 is 15.9 Å². The van der Waals surface area contributed by atoms with Crippen LogP contribution in [0.4, 0.5) is 0 Å². The fourth-order valence-corrected chi connectivity index (χ4v) is 3.03. The van der Waals surface area contributed by atoms with E-state index < -0.39 is 0 Å². The predicted molar refractivity (Wildman–Crippen MR) is 78.8 cm³/mol. The van der Waals surface area contributed by atoms with Crippen molar-refractivity contribution in [3.05, 3.63) is 33.8 Å². The lowest BCUT2D eigenvalue weighted by molar-refractivity contribution is 0.195. The molecule has 2 atom stereocenters. The van der Waals surface area contributed by atoms with Gasteiger partial charge in [0.25, 0.3) is 0 Å². The molecule has 0 fully saturated rings. The third-order valence-corrected chi connectivity index (χ3v) is 4.34. The first kappa shape index (κ1) is 14.0. The van der Waals surface area contributed by atoms with Crippen molar-refractivity contribution in [2.45, 2.75) is 45.2 Å². The Morgan fingerprint density at radius 2 is 2.17 bits per heavy atom. The number of halogens is 1. The molecule has 0 aromatic heterocycles. The zero-order valence-electron chi connectivity index (χ0n) is 11.1. The van der Waals surface area contributed by atoms with Gasteiger partial charge in [-0.25, -0.2) is 0 Å². The Balaban J connectivity index is 2.01. The van der Waals surface area contributed by atoms with Gasteiger partial charge < -0.3 is 10.4 Å². The van der Waals surface area contributed by atoms with E-state index >= 15 is 0 Å². The van der Waals surface area contributed by atoms with Crippen LogP contribution in [0, 0.1) is 5.92 Å². The second-order valence-electron chi connectivity index (χ2n) is 5.55. The highest BCUT2D eigenvalue weighted by Gasteiger charge is 2.22. The van der Waals surface area contributed by atoms with Crippen molar-refractivity contribution < 1.29 is 5.11 Å². The monoisotopic (exact) mass is 311 g/mol. The van der Waals surface area contributed by atoms with Crippen molar-refractivity contribution in [1.82, 2.24) is 5.32 Å². The Bertz CT molecular complexity index is 405. The smallest absolute Gasteiger partial charge is 0.0587 e. The van der Waals surface area contributed by atoms with Gasteiger partial charge in [-0.2, -0.15) is 0 Å². The van der Waals surface area contributed by atoms with E-state index in [1.807, 2.05) is 0 Å². The zero-order chi connectivity index (χ0) is 13.1. The fraction of sp³-hybridized carbons (Fsp3) is 0.600. The van der Waals surface area contributed by atoms with Crippen LogP contribution >= 0.6 is 15.9 Å². The van der Waals surface area contributed by atoms with Crippen molar-refractivity contribution in [2.24, 2.45) is 5.92 Å². The first-order valence-corrected chi connectivity index (χ1v) is 7.53. The van der Waals surface area contributed by atoms with Crippen LogP contribution in [-0.2, 0) is 12.8 Å². The molecular weight excluding hydrogens is 290 g/mol. The maximum Gasteiger partial charge on any atom is 0.0587 e. The minimum absolute atomic E-state index is 0.215. The lowest BCUT2D eigenvalue weighted by Crippen LogP contribution is -2.46. The van der Waals surface area contributed by atoms with Crippen molar-refractivity contribution in [2.75, 3.05) is 6.61 Å². The molecular formula is C15H22BrNO. The largest absolute Gasteiger partial charge is 0.395 e. The van der Waals surface area contributed by atoms with Crippen LogP contribution in [0.15, 0.2) is 22.7 Å². The first-order chi connectivity index (χ1) is 8.60. The Morgan fingerprint density at radius 1 is 1.39 bits per heavy atom. The Morgan fingerprint density at radius 3 is 2.83 bits per heavy atom. The molecule has 0 aliphatic heterocycles. The average molecular weight is 312 g/mol. The standard InChI is InChI=1S/C15H22BrNO/c1-10(2)15(9-18)17-14-6-4-11-7-13(16)5-3-12(11)8-14/h3,5,7,10,14-15,17-18H,4,6,8-9H2,1-2H3/t14?,15-/m1/s1. The van der Waals surface area contributed by atoms with Crippen molar-refractivity contribution in [3.63, 3.8) is 0 Å². The van der Waals surface area contributed by atoms with Gasteiger partial charge in [0.15, 0.2) is 0 Å². The van der Waals surface area contributed by atoms with Gasteiger partial charge in [-0.3, -0.25) is 0 Å². The number of aliphatic hydroxyl groups excluding tert-OH is 1. The highest BCUT2D eigenvalue weighted by molar-refractivity contribution is 9.10. The molecule has 0 amide bonds. The van der Waals surface area contributed by atoms with Gasteiger partial charge in [0, 0.05) is 16.6 Å². The van der Waals surface area contributed by atoms with Gasteiger partial charge in [-0.1, -0.05) is 35.8 Å². The summed E-state index contributed by atoms with van der Waals surface area (Å²) < 4.78 is 1.17. The van der Waals surface area contributed by atoms with Gasteiger partial charge in [-0.15, -0.1) is 0 Å². The molecule has 2 N–H and O–H groups in total. The number of benzene rings is 1. The summed E-state index contributed by atoms with van der Waals surface area (Å²) in [6.45, 7) is 4.53. The van der Waals surface area contributed by atoms with Gasteiger partial charge >= 0.3 is 0 Å². The van der Waals surface area contributed by atoms with Crippen LogP contribution in [0.5, 0.6) is 0 Å². The lowest BCUT2D eigenvalue weighted by Gasteiger charge is -2.31. The van der Waals surface area contributed by atoms with Gasteiger partial charge in [0.2, 0.25) is 0 Å². The summed E-state index contributed by atoms with van der Waals surface area (Å²) in [5.41, 5.74) is 2.91. The van der Waals surface area contributed by atoms with Crippen molar-refractivity contribution in [1.29, 1.82) is 0 Å². The summed E-state index contributed by atoms with van der Waals surface area (Å²) in [4.78, 5) is 0. The highest BCUT2D eigenvalue weighted by atomic mass is 79.9. The summed E-state index contributed by atoms with van der Waals surface area (Å²) in [7, 11) is 0. The first-order valence-electron chi connectivity index (χ1n) is 6.74. The van der Waals surface area contributed by atoms with Crippen LogP contribution in [0.3, 0.4) is 0 Å². The summed E-state index contributed by atoms with van der Waals surface area (Å²) in [6.07, 6.45) is 3.36. The molecule has 18 heavy (non-hydrogen) atoms. The molecule has 1 aromatic carbocycles. The minimum atomic E-state index is 0.215. The maximum absolute atomic E-state index is 9.39. The molecule has 0 spiro atoms. The molecule has 2 nitrogen and oxygen atoms in total. The summed E-state index contributed by atoms with van der Waals surface area (Å²) in [6, 6.07) is 7.28. The third-order valence-electron chi connectivity index (χ3n) is 3.85. The number of hydrogen-bond acceptors (Lipinski definition) is 2. The van der Waals surface area contributed by atoms with Crippen LogP contribution in [0.1, 0.15) is 31.4 Å². The number of fused-ring (bicyclic) bond motifs is 1. The van der Waals surface area contributed by atoms with E-state index in [4.69, 9.17) is 0 Å². The fourth-order valence-electron chi connectivity index (χ4n) is 2.62. The Hall–Kier alpha value is -0.380. The van der Waals surface area contributed by atoms with E-state index in [1.165, 1.54) is 15.6 Å². The molecule has 0 radical (unpaired) electrons. The van der Waals surface area contributed by atoms with E-state index in [-0.39, 0.29) is 12.6 Å². The number of aliphatic hydroxyl groups is 1. The molecule has 100 valence electrons. The van der Waals surface area contributed by atoms with Crippen LogP contribution < -0.4 is 5.32 Å². The Kier molecular flexibility index (Phi) is 4.82. The maximum atomic E-state index is 9.39. The van der Waals surface area contributed by atoms with Crippen LogP contribution in [-0.4, -0.2) is 23.8 Å². The normalized spacial score (nSPS) is 20.8. The number of nitrogens with one attached hydrogen (secondary N) is 1. The van der Waals surface area contributed by atoms with Crippen LogP contribution in [0.25, 0.3) is 0 Å². The van der Waals surface area contributed by atoms with E-state index in [0.29, 0.717) is 12.0 Å². The molecule has 0 heterocycles. The van der Waals surface area contributed by atoms with E-state index in [2.05, 4.69) is 53.3 Å². The van der Waals surface area contributed by atoms with Gasteiger partial charge in [-0.05, 0) is 48.4 Å². The highest BCUT2D eigenvalue weighted by Crippen LogP contribution is 2.25. The third kappa shape index (κ3) is 3.34. The SMILES string of the molecule is CC(C)[C@@H](CO)NC1CCc2cc(Br)ccc2C1. The zero-order valence-corrected chi connectivity index (χ0v) is 12.7. The summed E-state index contributed by atoms with van der Waals surface area (Å²) in [5.74, 6) is 0.473. The number of aryl methyl sites for hydroxylation is 1. The molecule has 1 aromatic rings. The second-order valence-corrected chi connectivity index (χ2v) is 6.47. The van der Waals surface area contributed by atoms with E-state index in [0.717, 1.165) is 19.3 Å². The number of rotatable bonds is 4. The molecule has 0 bridgehead atoms. The Labute approximate surface area is 118 Å². The van der Waals surface area contributed by atoms with Gasteiger partial charge in [0.05, 0.1) is 6.61 Å². The molecule has 0 saturated heterocycles. The van der Waals surface area contributed by atoms with E-state index in [9.17, 15) is 5.11 Å². The lowest BCUT2D eigenvalue weighted by atomic mass is 9.87. The average Bonchev–Trinajstić information content (AvgIpc) is 2.35. The molecule has 1 aliphatic carbocycles. The van der Waals surface area contributed by atoms with Crippen LogP contribution in [0.2, 0.25) is 0 Å². The van der Waals surface area contributed by atoms with Gasteiger partial charge in [0.1, 0.15) is 0 Å². The molecule has 1 unspecified atom stereocenters. The quantitative estimate of drug-likeness (QED) is 0.896. The summed E-state index contributed by atoms with van der Waals surface area (Å²) >= 11 is 3.53.